The Morgan fingerprint density at radius 3 is 2.10 bits per heavy atom. The summed E-state index contributed by atoms with van der Waals surface area (Å²) in [5.41, 5.74) is 4.93. The first-order chi connectivity index (χ1) is 4.42. The second kappa shape index (κ2) is 3.85. The Morgan fingerprint density at radius 2 is 1.80 bits per heavy atom. The molecule has 1 unspecified atom stereocenters. The second-order valence-corrected chi connectivity index (χ2v) is 2.23. The Kier molecular flexibility index (Phi) is 3.77. The third-order valence-corrected chi connectivity index (χ3v) is 1.01. The first-order valence-electron chi connectivity index (χ1n) is 3.02. The molecular weight excluding hydrogens is 138 g/mol. The van der Waals surface area contributed by atoms with E-state index in [1.54, 1.807) is 0 Å². The fourth-order valence-electron chi connectivity index (χ4n) is 0.548. The van der Waals surface area contributed by atoms with E-state index in [-0.39, 0.29) is 19.3 Å². The molecule has 0 aromatic carbocycles. The van der Waals surface area contributed by atoms with E-state index >= 15 is 0 Å². The van der Waals surface area contributed by atoms with Crippen LogP contribution in [0.25, 0.3) is 0 Å². The average molecular weight is 151 g/mol. The molecule has 6 N–H and O–H groups in total. The molecule has 0 heterocycles. The molecule has 0 aromatic heterocycles. The van der Waals surface area contributed by atoms with E-state index in [1.165, 1.54) is 0 Å². The second-order valence-electron chi connectivity index (χ2n) is 2.23. The van der Waals surface area contributed by atoms with Crippen LogP contribution in [0.4, 0.5) is 0 Å². The van der Waals surface area contributed by atoms with E-state index in [2.05, 4.69) is 0 Å². The van der Waals surface area contributed by atoms with Gasteiger partial charge in [-0.05, 0) is 12.8 Å². The minimum Gasteiger partial charge on any atom is -0.379 e. The van der Waals surface area contributed by atoms with Gasteiger partial charge in [-0.15, -0.1) is 0 Å². The molecule has 62 valence electrons. The highest BCUT2D eigenvalue weighted by Crippen LogP contribution is 2.06. The minimum absolute atomic E-state index is 0.207. The van der Waals surface area contributed by atoms with Crippen molar-refractivity contribution in [3.63, 3.8) is 0 Å². The van der Waals surface area contributed by atoms with E-state index < -0.39 is 12.2 Å². The number of hydrogen-bond acceptors (Lipinski definition) is 5. The van der Waals surface area contributed by atoms with Gasteiger partial charge in [-0.3, -0.25) is 0 Å². The van der Waals surface area contributed by atoms with E-state index in [4.69, 9.17) is 26.2 Å². The predicted molar refractivity (Wildman–Crippen MR) is 33.4 cm³/mol. The molecule has 0 fully saturated rings. The number of rotatable bonds is 4. The lowest BCUT2D eigenvalue weighted by Crippen LogP contribution is -2.28. The van der Waals surface area contributed by atoms with Gasteiger partial charge >= 0.3 is 0 Å². The van der Waals surface area contributed by atoms with Gasteiger partial charge in [0.25, 0.3) is 5.97 Å². The molecule has 5 nitrogen and oxygen atoms in total. The number of nitrogens with two attached hydrogens (primary N) is 1. The fourth-order valence-corrected chi connectivity index (χ4v) is 0.548. The first-order valence-corrected chi connectivity index (χ1v) is 3.02. The molecule has 0 amide bonds. The van der Waals surface area contributed by atoms with E-state index in [9.17, 15) is 0 Å². The predicted octanol–water partition coefficient (Wildman–Crippen LogP) is -1.94. The summed E-state index contributed by atoms with van der Waals surface area (Å²) in [6, 6.07) is 0. The summed E-state index contributed by atoms with van der Waals surface area (Å²) in [7, 11) is 0. The largest absolute Gasteiger partial charge is 0.379 e. The van der Waals surface area contributed by atoms with Crippen molar-refractivity contribution in [1.29, 1.82) is 0 Å². The molecule has 0 aliphatic carbocycles. The minimum atomic E-state index is -2.63. The van der Waals surface area contributed by atoms with Crippen molar-refractivity contribution < 1.29 is 20.4 Å². The van der Waals surface area contributed by atoms with Crippen LogP contribution in [-0.4, -0.2) is 32.6 Å². The van der Waals surface area contributed by atoms with Gasteiger partial charge in [0.05, 0.1) is 0 Å². The van der Waals surface area contributed by atoms with Gasteiger partial charge in [-0.2, -0.15) is 0 Å². The molecule has 0 rings (SSSR count). The van der Waals surface area contributed by atoms with Gasteiger partial charge in [-0.1, -0.05) is 0 Å². The van der Waals surface area contributed by atoms with Crippen LogP contribution in [0.3, 0.4) is 0 Å². The van der Waals surface area contributed by atoms with Gasteiger partial charge < -0.3 is 26.2 Å². The van der Waals surface area contributed by atoms with Gasteiger partial charge in [0, 0.05) is 6.42 Å². The van der Waals surface area contributed by atoms with Crippen molar-refractivity contribution in [3.8, 4) is 0 Å². The number of aliphatic hydroxyl groups excluding tert-OH is 1. The zero-order chi connectivity index (χ0) is 8.20. The number of hydrogen-bond donors (Lipinski definition) is 5. The summed E-state index contributed by atoms with van der Waals surface area (Å²) in [5.74, 6) is -2.63. The lowest BCUT2D eigenvalue weighted by Gasteiger charge is -2.13. The summed E-state index contributed by atoms with van der Waals surface area (Å²) in [6.45, 7) is 0. The maximum atomic E-state index is 8.48. The van der Waals surface area contributed by atoms with Gasteiger partial charge in [0.2, 0.25) is 0 Å². The summed E-state index contributed by atoms with van der Waals surface area (Å²) in [4.78, 5) is 0. The topological polar surface area (TPSA) is 107 Å². The van der Waals surface area contributed by atoms with Crippen LogP contribution in [0.2, 0.25) is 0 Å². The molecule has 0 aliphatic rings. The molecule has 10 heavy (non-hydrogen) atoms. The molecule has 0 saturated carbocycles. The van der Waals surface area contributed by atoms with Crippen LogP contribution < -0.4 is 5.73 Å². The molecular formula is C5H13NO4. The fraction of sp³-hybridized carbons (Fsp3) is 1.00. The zero-order valence-corrected chi connectivity index (χ0v) is 5.56. The first kappa shape index (κ1) is 9.80. The molecule has 0 radical (unpaired) electrons. The van der Waals surface area contributed by atoms with E-state index in [1.807, 2.05) is 0 Å². The highest BCUT2D eigenvalue weighted by atomic mass is 16.7. The van der Waals surface area contributed by atoms with Crippen LogP contribution in [-0.2, 0) is 0 Å². The maximum Gasteiger partial charge on any atom is 0.275 e. The SMILES string of the molecule is NC(O)CCCC(O)(O)O. The zero-order valence-electron chi connectivity index (χ0n) is 5.56. The van der Waals surface area contributed by atoms with Crippen LogP contribution in [0.5, 0.6) is 0 Å². The molecule has 0 bridgehead atoms. The Balaban J connectivity index is 3.21. The van der Waals surface area contributed by atoms with Crippen molar-refractivity contribution in [2.45, 2.75) is 31.5 Å². The third kappa shape index (κ3) is 7.80. The summed E-state index contributed by atoms with van der Waals surface area (Å²) in [6.07, 6.45) is -0.659. The Hall–Kier alpha value is -0.200. The molecule has 5 heteroatoms. The van der Waals surface area contributed by atoms with Gasteiger partial charge in [-0.25, -0.2) is 0 Å². The van der Waals surface area contributed by atoms with Crippen LogP contribution in [0.1, 0.15) is 19.3 Å². The normalized spacial score (nSPS) is 15.3. The maximum absolute atomic E-state index is 8.48. The third-order valence-electron chi connectivity index (χ3n) is 1.01. The van der Waals surface area contributed by atoms with Crippen molar-refractivity contribution in [2.24, 2.45) is 5.73 Å². The number of aliphatic hydroxyl groups is 4. The molecule has 0 spiro atoms. The standard InChI is InChI=1S/C5H13NO4/c6-4(7)2-1-3-5(8,9)10/h4,7-10H,1-3,6H2. The molecule has 1 atom stereocenters. The lowest BCUT2D eigenvalue weighted by molar-refractivity contribution is -0.315. The summed E-state index contributed by atoms with van der Waals surface area (Å²) >= 11 is 0. The average Bonchev–Trinajstić information content (AvgIpc) is 1.59. The van der Waals surface area contributed by atoms with Gasteiger partial charge in [0.1, 0.15) is 6.23 Å². The molecule has 0 saturated heterocycles. The van der Waals surface area contributed by atoms with Crippen molar-refractivity contribution in [2.75, 3.05) is 0 Å². The van der Waals surface area contributed by atoms with Crippen molar-refractivity contribution in [3.05, 3.63) is 0 Å². The van der Waals surface area contributed by atoms with Crippen LogP contribution in [0.15, 0.2) is 0 Å². The van der Waals surface area contributed by atoms with Crippen molar-refractivity contribution in [1.82, 2.24) is 0 Å². The Bertz CT molecular complexity index is 88.1. The van der Waals surface area contributed by atoms with Crippen LogP contribution in [0, 0.1) is 0 Å². The smallest absolute Gasteiger partial charge is 0.275 e. The summed E-state index contributed by atoms with van der Waals surface area (Å²) in [5, 5.41) is 33.4. The highest BCUT2D eigenvalue weighted by molar-refractivity contribution is 4.51. The monoisotopic (exact) mass is 151 g/mol. The van der Waals surface area contributed by atoms with Gasteiger partial charge in [0.15, 0.2) is 0 Å². The Morgan fingerprint density at radius 1 is 1.30 bits per heavy atom. The lowest BCUT2D eigenvalue weighted by atomic mass is 10.2. The van der Waals surface area contributed by atoms with E-state index in [0.717, 1.165) is 0 Å². The van der Waals surface area contributed by atoms with Crippen molar-refractivity contribution >= 4 is 0 Å². The molecule has 0 aromatic rings. The quantitative estimate of drug-likeness (QED) is 0.301. The molecule has 0 aliphatic heterocycles. The summed E-state index contributed by atoms with van der Waals surface area (Å²) < 4.78 is 0. The van der Waals surface area contributed by atoms with Crippen LogP contribution >= 0.6 is 0 Å². The highest BCUT2D eigenvalue weighted by Gasteiger charge is 2.16. The van der Waals surface area contributed by atoms with E-state index in [0.29, 0.717) is 0 Å². The Labute approximate surface area is 58.7 Å².